The number of benzene rings is 9. The molecule has 0 fully saturated rings. The summed E-state index contributed by atoms with van der Waals surface area (Å²) < 4.78 is 6.92. The zero-order valence-electron chi connectivity index (χ0n) is 47.4. The van der Waals surface area contributed by atoms with Crippen molar-refractivity contribution in [3.05, 3.63) is 215 Å². The van der Waals surface area contributed by atoms with Gasteiger partial charge in [-0.2, -0.15) is 0 Å². The van der Waals surface area contributed by atoms with Gasteiger partial charge in [0, 0.05) is 61.8 Å². The van der Waals surface area contributed by atoms with Gasteiger partial charge in [-0.15, -0.1) is 0 Å². The topological polar surface area (TPSA) is 22.9 Å². The molecule has 2 aliphatic carbocycles. The summed E-state index contributed by atoms with van der Waals surface area (Å²) in [6, 6.07) is 67.2. The van der Waals surface area contributed by atoms with E-state index in [1.807, 2.05) is 0 Å². The molecule has 0 N–H and O–H groups in total. The first-order valence-electron chi connectivity index (χ1n) is 28.5. The zero-order chi connectivity index (χ0) is 53.8. The second kappa shape index (κ2) is 17.1. The van der Waals surface area contributed by atoms with Gasteiger partial charge < -0.3 is 19.0 Å². The molecule has 0 radical (unpaired) electrons. The lowest BCUT2D eigenvalue weighted by atomic mass is 9.43. The van der Waals surface area contributed by atoms with E-state index < -0.39 is 0 Å². The van der Waals surface area contributed by atoms with Crippen molar-refractivity contribution in [1.82, 2.24) is 0 Å². The van der Waals surface area contributed by atoms with Gasteiger partial charge in [-0.3, -0.25) is 0 Å². The smallest absolute Gasteiger partial charge is 0.333 e. The molecule has 0 atom stereocenters. The van der Waals surface area contributed by atoms with Gasteiger partial charge >= 0.3 is 6.85 Å². The van der Waals surface area contributed by atoms with Crippen LogP contribution in [0.3, 0.4) is 0 Å². The van der Waals surface area contributed by atoms with E-state index >= 15 is 0 Å². The minimum Gasteiger partial charge on any atom is -0.456 e. The van der Waals surface area contributed by atoms with E-state index in [0.717, 1.165) is 64.7 Å². The Bertz CT molecular complexity index is 4070. The number of nitrogens with zero attached hydrogens (tertiary/aromatic N) is 3. The number of fused-ring (bicyclic) bond motifs is 10. The third-order valence-corrected chi connectivity index (χ3v) is 19.1. The monoisotopic (exact) mass is 1020 g/mol. The highest BCUT2D eigenvalue weighted by Crippen LogP contribution is 2.56. The molecule has 10 aromatic rings. The summed E-state index contributed by atoms with van der Waals surface area (Å²) in [5.74, 6) is 0. The van der Waals surface area contributed by atoms with Crippen molar-refractivity contribution in [2.75, 3.05) is 14.6 Å². The largest absolute Gasteiger partial charge is 0.456 e. The fourth-order valence-corrected chi connectivity index (χ4v) is 14.5. The molecule has 4 aliphatic rings. The van der Waals surface area contributed by atoms with Crippen LogP contribution in [0.4, 0.5) is 45.5 Å². The van der Waals surface area contributed by atoms with Crippen molar-refractivity contribution < 1.29 is 4.42 Å². The number of furan rings is 1. The molecule has 9 aromatic carbocycles. The summed E-state index contributed by atoms with van der Waals surface area (Å²) in [5.41, 5.74) is 28.3. The van der Waals surface area contributed by atoms with Gasteiger partial charge in [0.15, 0.2) is 0 Å². The van der Waals surface area contributed by atoms with Crippen LogP contribution in [-0.2, 0) is 21.7 Å². The Morgan fingerprint density at radius 3 is 1.72 bits per heavy atom. The van der Waals surface area contributed by atoms with Crippen molar-refractivity contribution in [3.8, 4) is 22.3 Å². The van der Waals surface area contributed by atoms with E-state index in [1.165, 1.54) is 101 Å². The Morgan fingerprint density at radius 2 is 1.04 bits per heavy atom. The Balaban J connectivity index is 1.17. The Hall–Kier alpha value is -7.76. The molecular weight excluding hydrogens is 946 g/mol. The fraction of sp³-hybridized carbons (Fsp3) is 0.260. The minimum atomic E-state index is -0.210. The van der Waals surface area contributed by atoms with Crippen molar-refractivity contribution in [3.63, 3.8) is 0 Å². The standard InChI is InChI=1S/C73H70BN3O/c1-45-21-15-18-26-59(45)75(60-27-19-16-22-46(60)2)51-41-53-67-62(33-34-66-68(67)52-25-17-20-28-65(52)78-66)77(50-30-31-54-56(42-50)72(8,9)36-35-70(54,4)5)74-58-40-49(48-23-13-12-14-24-48)29-32-61(58)76(64(43-51)69(53)74)63-44-57-55(39-47(63)3)71(6,7)37-38-73(57,10)11/h12-34,39-44H,35-38H2,1-11H3. The second-order valence-corrected chi connectivity index (χ2v) is 26.0. The molecule has 2 aliphatic heterocycles. The Kier molecular flexibility index (Phi) is 10.7. The first kappa shape index (κ1) is 48.6. The van der Waals surface area contributed by atoms with Crippen molar-refractivity contribution in [2.45, 2.75) is 124 Å². The van der Waals surface area contributed by atoms with E-state index in [9.17, 15) is 0 Å². The summed E-state index contributed by atoms with van der Waals surface area (Å²) in [6.07, 6.45) is 4.60. The number of anilines is 8. The molecule has 1 aromatic heterocycles. The third-order valence-electron chi connectivity index (χ3n) is 19.1. The van der Waals surface area contributed by atoms with Crippen LogP contribution in [0, 0.1) is 20.8 Å². The lowest BCUT2D eigenvalue weighted by Crippen LogP contribution is -2.61. The number of hydrogen-bond donors (Lipinski definition) is 0. The van der Waals surface area contributed by atoms with Crippen LogP contribution < -0.4 is 25.5 Å². The minimum absolute atomic E-state index is 0.00214. The fourth-order valence-electron chi connectivity index (χ4n) is 14.5. The summed E-state index contributed by atoms with van der Waals surface area (Å²) in [5, 5.41) is 2.27. The van der Waals surface area contributed by atoms with Crippen molar-refractivity contribution >= 4 is 85.2 Å². The lowest BCUT2D eigenvalue weighted by Gasteiger charge is -2.48. The van der Waals surface area contributed by atoms with Crippen LogP contribution in [-0.4, -0.2) is 6.85 Å². The van der Waals surface area contributed by atoms with Gasteiger partial charge in [0.25, 0.3) is 0 Å². The van der Waals surface area contributed by atoms with Crippen LogP contribution in [0.15, 0.2) is 180 Å². The number of aryl methyl sites for hydroxylation is 3. The van der Waals surface area contributed by atoms with Crippen LogP contribution in [0.5, 0.6) is 0 Å². The first-order chi connectivity index (χ1) is 37.4. The predicted octanol–water partition coefficient (Wildman–Crippen LogP) is 19.1. The second-order valence-electron chi connectivity index (χ2n) is 26.0. The normalized spacial score (nSPS) is 17.0. The molecule has 3 heterocycles. The molecule has 14 rings (SSSR count). The SMILES string of the molecule is Cc1ccccc1N(c1cc2c3c(c1)N(c1cc4c(cc1C)C(C)(C)CCC4(C)C)c1ccc(-c4ccccc4)cc1B3N(c1ccc3c(c1)C(C)(C)CCC3(C)C)c1ccc3oc4ccccc4c3c1-2)c1ccccc1C. The van der Waals surface area contributed by atoms with Gasteiger partial charge in [0.2, 0.25) is 0 Å². The van der Waals surface area contributed by atoms with Gasteiger partial charge in [-0.05, 0) is 201 Å². The van der Waals surface area contributed by atoms with E-state index in [2.05, 4.69) is 267 Å². The molecule has 386 valence electrons. The predicted molar refractivity (Wildman–Crippen MR) is 332 cm³/mol. The van der Waals surface area contributed by atoms with E-state index in [0.29, 0.717) is 0 Å². The maximum Gasteiger partial charge on any atom is 0.333 e. The highest BCUT2D eigenvalue weighted by atomic mass is 16.3. The number of para-hydroxylation sites is 3. The van der Waals surface area contributed by atoms with Crippen LogP contribution in [0.2, 0.25) is 0 Å². The Labute approximate surface area is 462 Å². The molecule has 0 unspecified atom stereocenters. The number of rotatable bonds is 6. The van der Waals surface area contributed by atoms with Crippen molar-refractivity contribution in [2.24, 2.45) is 0 Å². The van der Waals surface area contributed by atoms with Gasteiger partial charge in [0.1, 0.15) is 11.2 Å². The van der Waals surface area contributed by atoms with E-state index in [1.54, 1.807) is 0 Å². The number of hydrogen-bond acceptors (Lipinski definition) is 4. The van der Waals surface area contributed by atoms with E-state index in [4.69, 9.17) is 4.42 Å². The zero-order valence-corrected chi connectivity index (χ0v) is 47.4. The average molecular weight is 1020 g/mol. The van der Waals surface area contributed by atoms with Crippen LogP contribution >= 0.6 is 0 Å². The van der Waals surface area contributed by atoms with E-state index in [-0.39, 0.29) is 28.5 Å². The molecule has 0 bridgehead atoms. The van der Waals surface area contributed by atoms with Crippen LogP contribution in [0.25, 0.3) is 44.2 Å². The maximum atomic E-state index is 6.92. The lowest BCUT2D eigenvalue weighted by molar-refractivity contribution is 0.332. The summed E-state index contributed by atoms with van der Waals surface area (Å²) >= 11 is 0. The molecule has 5 heteroatoms. The van der Waals surface area contributed by atoms with Crippen LogP contribution in [0.1, 0.15) is 120 Å². The summed E-state index contributed by atoms with van der Waals surface area (Å²) in [6.45, 7) is 26.3. The molecule has 0 saturated carbocycles. The molecule has 78 heavy (non-hydrogen) atoms. The highest BCUT2D eigenvalue weighted by Gasteiger charge is 2.48. The Morgan fingerprint density at radius 1 is 0.449 bits per heavy atom. The van der Waals surface area contributed by atoms with Gasteiger partial charge in [-0.1, -0.05) is 165 Å². The third kappa shape index (κ3) is 7.25. The van der Waals surface area contributed by atoms with Gasteiger partial charge in [-0.25, -0.2) is 0 Å². The molecule has 4 nitrogen and oxygen atoms in total. The van der Waals surface area contributed by atoms with Crippen molar-refractivity contribution in [1.29, 1.82) is 0 Å². The highest BCUT2D eigenvalue weighted by molar-refractivity contribution is 6.94. The van der Waals surface area contributed by atoms with Gasteiger partial charge in [0.05, 0.1) is 0 Å². The maximum absolute atomic E-state index is 6.92. The summed E-state index contributed by atoms with van der Waals surface area (Å²) in [4.78, 5) is 7.94. The molecule has 0 saturated heterocycles. The molecule has 0 amide bonds. The quantitative estimate of drug-likeness (QED) is 0.155. The molecular formula is C73H70BN3O. The first-order valence-corrected chi connectivity index (χ1v) is 28.5. The average Bonchev–Trinajstić information content (AvgIpc) is 3.27. The summed E-state index contributed by atoms with van der Waals surface area (Å²) in [7, 11) is 0. The molecule has 0 spiro atoms.